The van der Waals surface area contributed by atoms with E-state index in [4.69, 9.17) is 0 Å². The molecule has 0 unspecified atom stereocenters. The summed E-state index contributed by atoms with van der Waals surface area (Å²) in [4.78, 5) is 21.7. The monoisotopic (exact) mass is 344 g/mol. The predicted octanol–water partition coefficient (Wildman–Crippen LogP) is -1.73. The zero-order chi connectivity index (χ0) is 17.3. The molecule has 2 atom stereocenters. The molecule has 0 spiro atoms. The lowest BCUT2D eigenvalue weighted by Gasteiger charge is -2.41. The third kappa shape index (κ3) is 4.44. The Hall–Kier alpha value is -1.62. The van der Waals surface area contributed by atoms with Crippen LogP contribution in [0.15, 0.2) is 12.4 Å². The Bertz CT molecular complexity index is 678. The molecule has 0 aliphatic carbocycles. The maximum Gasteiger partial charge on any atom is 0.274 e. The minimum absolute atomic E-state index is 0.0434. The molecule has 3 N–H and O–H groups in total. The van der Waals surface area contributed by atoms with Crippen LogP contribution >= 0.6 is 0 Å². The van der Waals surface area contributed by atoms with Gasteiger partial charge >= 0.3 is 0 Å². The second-order valence-electron chi connectivity index (χ2n) is 5.76. The number of β-amino-alcohol motifs (C(OH)–C–C–N with tert-alkyl or cyclic N) is 1. The summed E-state index contributed by atoms with van der Waals surface area (Å²) in [5, 5.41) is 20.5. The number of carbonyl (C=O) groups excluding carboxylic acids is 1. The lowest BCUT2D eigenvalue weighted by molar-refractivity contribution is -0.107. The first-order valence-electron chi connectivity index (χ1n) is 7.04. The first kappa shape index (κ1) is 17.7. The number of hydrogen-bond acceptors (Lipinski definition) is 7. The average Bonchev–Trinajstić information content (AvgIpc) is 2.48. The molecule has 10 heteroatoms. The molecule has 1 aliphatic heterocycles. The van der Waals surface area contributed by atoms with Gasteiger partial charge in [0, 0.05) is 25.8 Å². The third-order valence-corrected chi connectivity index (χ3v) is 4.42. The van der Waals surface area contributed by atoms with Crippen molar-refractivity contribution in [1.82, 2.24) is 19.6 Å². The number of nitrogens with zero attached hydrogens (tertiary/aromatic N) is 3. The van der Waals surface area contributed by atoms with Crippen molar-refractivity contribution in [2.24, 2.45) is 0 Å². The molecule has 23 heavy (non-hydrogen) atoms. The summed E-state index contributed by atoms with van der Waals surface area (Å²) >= 11 is 0. The van der Waals surface area contributed by atoms with Crippen LogP contribution in [-0.2, 0) is 10.0 Å². The summed E-state index contributed by atoms with van der Waals surface area (Å²) in [6, 6.07) is 0. The van der Waals surface area contributed by atoms with Gasteiger partial charge in [0.15, 0.2) is 0 Å². The van der Waals surface area contributed by atoms with Crippen molar-refractivity contribution in [3.05, 3.63) is 23.8 Å². The van der Waals surface area contributed by atoms with E-state index in [2.05, 4.69) is 14.7 Å². The lowest BCUT2D eigenvalue weighted by Crippen LogP contribution is -2.61. The number of aromatic nitrogens is 2. The molecule has 1 aliphatic rings. The fourth-order valence-electron chi connectivity index (χ4n) is 2.28. The smallest absolute Gasteiger partial charge is 0.274 e. The van der Waals surface area contributed by atoms with Crippen LogP contribution in [0.2, 0.25) is 0 Å². The number of rotatable bonds is 4. The van der Waals surface area contributed by atoms with Gasteiger partial charge in [0.1, 0.15) is 17.4 Å². The van der Waals surface area contributed by atoms with Crippen molar-refractivity contribution in [2.45, 2.75) is 25.0 Å². The molecule has 1 amide bonds. The van der Waals surface area contributed by atoms with Crippen molar-refractivity contribution >= 4 is 15.9 Å². The fraction of sp³-hybridized carbons (Fsp3) is 0.615. The van der Waals surface area contributed by atoms with Crippen molar-refractivity contribution in [3.63, 3.8) is 0 Å². The van der Waals surface area contributed by atoms with E-state index < -0.39 is 27.6 Å². The van der Waals surface area contributed by atoms with Gasteiger partial charge in [0.25, 0.3) is 5.91 Å². The van der Waals surface area contributed by atoms with E-state index in [9.17, 15) is 23.4 Å². The van der Waals surface area contributed by atoms with E-state index in [1.54, 1.807) is 6.92 Å². The normalized spacial score (nSPS) is 25.4. The topological polar surface area (TPSA) is 133 Å². The molecule has 0 bridgehead atoms. The summed E-state index contributed by atoms with van der Waals surface area (Å²) in [6.07, 6.45) is 2.57. The molecule has 0 radical (unpaired) electrons. The van der Waals surface area contributed by atoms with Crippen molar-refractivity contribution in [2.75, 3.05) is 25.9 Å². The summed E-state index contributed by atoms with van der Waals surface area (Å²) in [6.45, 7) is 1.50. The van der Waals surface area contributed by atoms with Crippen molar-refractivity contribution < 1.29 is 23.4 Å². The molecular weight excluding hydrogens is 324 g/mol. The maximum absolute atomic E-state index is 12.3. The maximum atomic E-state index is 12.3. The minimum Gasteiger partial charge on any atom is -0.388 e. The molecule has 0 aromatic carbocycles. The largest absolute Gasteiger partial charge is 0.388 e. The Morgan fingerprint density at radius 2 is 2.17 bits per heavy atom. The van der Waals surface area contributed by atoms with E-state index in [1.165, 1.54) is 17.3 Å². The summed E-state index contributed by atoms with van der Waals surface area (Å²) in [5.41, 5.74) is -0.775. The lowest BCUT2D eigenvalue weighted by atomic mass is 9.88. The van der Waals surface area contributed by atoms with Gasteiger partial charge in [-0.3, -0.25) is 9.78 Å². The molecule has 128 valence electrons. The highest BCUT2D eigenvalue weighted by Gasteiger charge is 2.42. The molecule has 1 aromatic rings. The Kier molecular flexibility index (Phi) is 4.99. The third-order valence-electron chi connectivity index (χ3n) is 3.76. The van der Waals surface area contributed by atoms with Crippen LogP contribution in [0.3, 0.4) is 0 Å². The second kappa shape index (κ2) is 6.48. The van der Waals surface area contributed by atoms with Crippen molar-refractivity contribution in [1.29, 1.82) is 0 Å². The van der Waals surface area contributed by atoms with E-state index in [0.717, 1.165) is 6.26 Å². The molecule has 1 fully saturated rings. The number of piperidine rings is 1. The van der Waals surface area contributed by atoms with Gasteiger partial charge < -0.3 is 15.1 Å². The number of nitrogens with one attached hydrogen (secondary N) is 1. The van der Waals surface area contributed by atoms with E-state index in [1.807, 2.05) is 0 Å². The second-order valence-corrected chi connectivity index (χ2v) is 7.59. The predicted molar refractivity (Wildman–Crippen MR) is 81.1 cm³/mol. The quantitative estimate of drug-likeness (QED) is 0.591. The number of carbonyl (C=O) groups is 1. The molecule has 0 saturated carbocycles. The van der Waals surface area contributed by atoms with Gasteiger partial charge in [-0.05, 0) is 13.3 Å². The number of aliphatic hydroxyl groups is 2. The zero-order valence-electron chi connectivity index (χ0n) is 12.9. The number of amides is 1. The van der Waals surface area contributed by atoms with Gasteiger partial charge in [-0.1, -0.05) is 0 Å². The van der Waals surface area contributed by atoms with Crippen LogP contribution in [0, 0.1) is 6.92 Å². The molecule has 2 rings (SSSR count). The standard InChI is InChI=1S/C13H20N4O5S/c1-9-5-15-10(6-14-9)12(19)17-4-3-13(20,11(18)7-17)8-16-23(2,21)22/h5-6,11,16,18,20H,3-4,7-8H2,1-2H3/t11-,13-/m1/s1. The molecule has 1 aromatic heterocycles. The van der Waals surface area contributed by atoms with Crippen molar-refractivity contribution in [3.8, 4) is 0 Å². The SMILES string of the molecule is Cc1cnc(C(=O)N2CC[C@@](O)(CNS(C)(=O)=O)[C@H](O)C2)cn1. The van der Waals surface area contributed by atoms with Gasteiger partial charge in [0.2, 0.25) is 10.0 Å². The minimum atomic E-state index is -3.48. The Labute approximate surface area is 134 Å². The number of aliphatic hydroxyl groups excluding tert-OH is 1. The summed E-state index contributed by atoms with van der Waals surface area (Å²) < 4.78 is 24.4. The number of sulfonamides is 1. The number of hydrogen-bond donors (Lipinski definition) is 3. The van der Waals surface area contributed by atoms with Crippen LogP contribution in [0.5, 0.6) is 0 Å². The van der Waals surface area contributed by atoms with E-state index in [0.29, 0.717) is 5.69 Å². The van der Waals surface area contributed by atoms with Gasteiger partial charge in [-0.2, -0.15) is 0 Å². The van der Waals surface area contributed by atoms with Gasteiger partial charge in [-0.25, -0.2) is 18.1 Å². The first-order valence-corrected chi connectivity index (χ1v) is 8.93. The van der Waals surface area contributed by atoms with Crippen LogP contribution in [0.4, 0.5) is 0 Å². The highest BCUT2D eigenvalue weighted by molar-refractivity contribution is 7.88. The summed E-state index contributed by atoms with van der Waals surface area (Å²) in [7, 11) is -3.48. The Morgan fingerprint density at radius 1 is 1.48 bits per heavy atom. The molecule has 1 saturated heterocycles. The Balaban J connectivity index is 2.02. The van der Waals surface area contributed by atoms with Gasteiger partial charge in [0.05, 0.1) is 18.1 Å². The number of aryl methyl sites for hydroxylation is 1. The van der Waals surface area contributed by atoms with Crippen LogP contribution in [0.25, 0.3) is 0 Å². The van der Waals surface area contributed by atoms with Gasteiger partial charge in [-0.15, -0.1) is 0 Å². The van der Waals surface area contributed by atoms with E-state index in [-0.39, 0.29) is 31.7 Å². The highest BCUT2D eigenvalue weighted by atomic mass is 32.2. The zero-order valence-corrected chi connectivity index (χ0v) is 13.7. The van der Waals surface area contributed by atoms with Crippen LogP contribution < -0.4 is 4.72 Å². The fourth-order valence-corrected chi connectivity index (χ4v) is 2.79. The first-order chi connectivity index (χ1) is 10.6. The Morgan fingerprint density at radius 3 is 2.70 bits per heavy atom. The van der Waals surface area contributed by atoms with Crippen LogP contribution in [0.1, 0.15) is 22.6 Å². The molecule has 2 heterocycles. The van der Waals surface area contributed by atoms with E-state index >= 15 is 0 Å². The van der Waals surface area contributed by atoms with Crippen LogP contribution in [-0.4, -0.2) is 77.0 Å². The molecule has 9 nitrogen and oxygen atoms in total. The number of likely N-dealkylation sites (tertiary alicyclic amines) is 1. The average molecular weight is 344 g/mol. The molecular formula is C13H20N4O5S. The summed E-state index contributed by atoms with van der Waals surface area (Å²) in [5.74, 6) is -0.394. The highest BCUT2D eigenvalue weighted by Crippen LogP contribution is 2.23.